The quantitative estimate of drug-likeness (QED) is 0.716. The van der Waals surface area contributed by atoms with Crippen molar-refractivity contribution in [2.45, 2.75) is 84.5 Å². The Balaban J connectivity index is 2.02. The fraction of sp³-hybridized carbons (Fsp3) is 0.938. The number of carbonyl (C=O) groups excluding carboxylic acids is 1. The summed E-state index contributed by atoms with van der Waals surface area (Å²) in [6, 6.07) is 0. The Bertz CT molecular complexity index is 367. The second-order valence-electron chi connectivity index (χ2n) is 8.21. The van der Waals surface area contributed by atoms with Crippen LogP contribution >= 0.6 is 0 Å². The van der Waals surface area contributed by atoms with Crippen molar-refractivity contribution in [2.24, 2.45) is 11.3 Å². The normalized spacial score (nSPS) is 37.2. The molecule has 0 aromatic heterocycles. The minimum atomic E-state index is -0.300. The molecule has 3 rings (SSSR count). The van der Waals surface area contributed by atoms with Gasteiger partial charge in [0, 0.05) is 0 Å². The predicted octanol–water partition coefficient (Wildman–Crippen LogP) is 3.70. The smallest absolute Gasteiger partial charge is 0.306 e. The highest BCUT2D eigenvalue weighted by Crippen LogP contribution is 2.50. The van der Waals surface area contributed by atoms with Crippen LogP contribution in [0.1, 0.15) is 67.2 Å². The first kappa shape index (κ1) is 14.8. The molecule has 2 bridgehead atoms. The van der Waals surface area contributed by atoms with Gasteiger partial charge in [-0.1, -0.05) is 20.8 Å². The summed E-state index contributed by atoms with van der Waals surface area (Å²) in [6.45, 7) is 12.6. The van der Waals surface area contributed by atoms with Crippen molar-refractivity contribution in [1.29, 1.82) is 0 Å². The van der Waals surface area contributed by atoms with Crippen LogP contribution in [-0.4, -0.2) is 23.3 Å². The van der Waals surface area contributed by atoms with Crippen LogP contribution in [0.15, 0.2) is 0 Å². The molecule has 19 heavy (non-hydrogen) atoms. The molecule has 2 heterocycles. The topological polar surface area (TPSA) is 35.5 Å². The van der Waals surface area contributed by atoms with E-state index in [0.717, 1.165) is 12.8 Å². The predicted molar refractivity (Wildman–Crippen MR) is 74.9 cm³/mol. The van der Waals surface area contributed by atoms with Gasteiger partial charge in [-0.25, -0.2) is 0 Å². The van der Waals surface area contributed by atoms with E-state index in [0.29, 0.717) is 12.3 Å². The maximum Gasteiger partial charge on any atom is 0.306 e. The van der Waals surface area contributed by atoms with Crippen LogP contribution in [0.5, 0.6) is 0 Å². The van der Waals surface area contributed by atoms with E-state index in [-0.39, 0.29) is 28.7 Å². The Morgan fingerprint density at radius 1 is 1.32 bits per heavy atom. The third-order valence-electron chi connectivity index (χ3n) is 4.60. The van der Waals surface area contributed by atoms with Crippen LogP contribution in [0.25, 0.3) is 0 Å². The molecular weight excluding hydrogens is 240 g/mol. The van der Waals surface area contributed by atoms with E-state index in [4.69, 9.17) is 9.47 Å². The monoisotopic (exact) mass is 268 g/mol. The Labute approximate surface area is 117 Å². The number of hydrogen-bond donors (Lipinski definition) is 0. The third kappa shape index (κ3) is 3.13. The van der Waals surface area contributed by atoms with Crippen molar-refractivity contribution in [2.75, 3.05) is 0 Å². The molecule has 2 aliphatic heterocycles. The van der Waals surface area contributed by atoms with Crippen LogP contribution in [-0.2, 0) is 14.3 Å². The molecule has 3 fully saturated rings. The molecule has 0 N–H and O–H groups in total. The van der Waals surface area contributed by atoms with Crippen LogP contribution in [0.4, 0.5) is 0 Å². The zero-order chi connectivity index (χ0) is 14.5. The van der Waals surface area contributed by atoms with E-state index in [1.165, 1.54) is 6.42 Å². The van der Waals surface area contributed by atoms with Crippen molar-refractivity contribution < 1.29 is 14.3 Å². The third-order valence-corrected chi connectivity index (χ3v) is 4.60. The van der Waals surface area contributed by atoms with Crippen molar-refractivity contribution >= 4 is 5.97 Å². The van der Waals surface area contributed by atoms with E-state index in [1.807, 2.05) is 0 Å². The first-order chi connectivity index (χ1) is 8.52. The van der Waals surface area contributed by atoms with Gasteiger partial charge in [0.15, 0.2) is 0 Å². The van der Waals surface area contributed by atoms with E-state index >= 15 is 0 Å². The fourth-order valence-corrected chi connectivity index (χ4v) is 3.49. The average molecular weight is 268 g/mol. The maximum atomic E-state index is 12.0. The minimum Gasteiger partial charge on any atom is -0.459 e. The Morgan fingerprint density at radius 3 is 2.42 bits per heavy atom. The summed E-state index contributed by atoms with van der Waals surface area (Å²) in [5.74, 6) is 0.412. The van der Waals surface area contributed by atoms with Gasteiger partial charge in [0.05, 0.1) is 12.0 Å². The average Bonchev–Trinajstić information content (AvgIpc) is 2.15. The van der Waals surface area contributed by atoms with Gasteiger partial charge in [-0.3, -0.25) is 4.79 Å². The highest BCUT2D eigenvalue weighted by atomic mass is 16.6. The largest absolute Gasteiger partial charge is 0.459 e. The molecule has 3 unspecified atom stereocenters. The lowest BCUT2D eigenvalue weighted by Gasteiger charge is -2.57. The van der Waals surface area contributed by atoms with Gasteiger partial charge in [-0.05, 0) is 51.4 Å². The van der Waals surface area contributed by atoms with E-state index in [9.17, 15) is 4.79 Å². The first-order valence-electron chi connectivity index (χ1n) is 7.41. The maximum absolute atomic E-state index is 12.0. The summed E-state index contributed by atoms with van der Waals surface area (Å²) in [7, 11) is 0. The number of carbonyl (C=O) groups is 1. The molecule has 0 spiro atoms. The molecule has 2 saturated heterocycles. The van der Waals surface area contributed by atoms with Gasteiger partial charge in [0.25, 0.3) is 0 Å². The lowest BCUT2D eigenvalue weighted by atomic mass is 9.67. The Kier molecular flexibility index (Phi) is 3.49. The van der Waals surface area contributed by atoms with E-state index in [1.54, 1.807) is 0 Å². The van der Waals surface area contributed by atoms with E-state index < -0.39 is 0 Å². The van der Waals surface area contributed by atoms with Crippen LogP contribution in [0.3, 0.4) is 0 Å². The zero-order valence-corrected chi connectivity index (χ0v) is 13.2. The summed E-state index contributed by atoms with van der Waals surface area (Å²) in [5.41, 5.74) is -0.405. The van der Waals surface area contributed by atoms with Gasteiger partial charge in [0.2, 0.25) is 0 Å². The SMILES string of the molecule is CC(C)(C)CC(=O)OC1CC2CCC1(C)OC2(C)C. The molecule has 1 aliphatic carbocycles. The number of hydrogen-bond acceptors (Lipinski definition) is 3. The van der Waals surface area contributed by atoms with Crippen LogP contribution in [0, 0.1) is 11.3 Å². The zero-order valence-electron chi connectivity index (χ0n) is 13.2. The van der Waals surface area contributed by atoms with E-state index in [2.05, 4.69) is 41.5 Å². The van der Waals surface area contributed by atoms with Gasteiger partial charge >= 0.3 is 5.97 Å². The molecule has 0 radical (unpaired) electrons. The lowest BCUT2D eigenvalue weighted by molar-refractivity contribution is -0.278. The van der Waals surface area contributed by atoms with Crippen molar-refractivity contribution in [3.63, 3.8) is 0 Å². The number of fused-ring (bicyclic) bond motifs is 3. The second kappa shape index (κ2) is 4.47. The number of rotatable bonds is 2. The summed E-state index contributed by atoms with van der Waals surface area (Å²) in [5, 5.41) is 0. The van der Waals surface area contributed by atoms with Gasteiger partial charge in [-0.2, -0.15) is 0 Å². The van der Waals surface area contributed by atoms with Crippen molar-refractivity contribution in [3.8, 4) is 0 Å². The van der Waals surface area contributed by atoms with Crippen LogP contribution < -0.4 is 0 Å². The molecular formula is C16H28O3. The summed E-state index contributed by atoms with van der Waals surface area (Å²) in [6.07, 6.45) is 3.51. The Hall–Kier alpha value is -0.570. The second-order valence-corrected chi connectivity index (χ2v) is 8.21. The lowest BCUT2D eigenvalue weighted by Crippen LogP contribution is -2.62. The molecule has 3 atom stereocenters. The van der Waals surface area contributed by atoms with Gasteiger partial charge in [-0.15, -0.1) is 0 Å². The van der Waals surface area contributed by atoms with Gasteiger partial charge < -0.3 is 9.47 Å². The highest BCUT2D eigenvalue weighted by molar-refractivity contribution is 5.70. The minimum absolute atomic E-state index is 0.0220. The van der Waals surface area contributed by atoms with Crippen LogP contribution in [0.2, 0.25) is 0 Å². The molecule has 110 valence electrons. The Morgan fingerprint density at radius 2 is 1.95 bits per heavy atom. The fourth-order valence-electron chi connectivity index (χ4n) is 3.49. The molecule has 3 aliphatic rings. The summed E-state index contributed by atoms with van der Waals surface area (Å²) in [4.78, 5) is 12.0. The molecule has 0 aromatic carbocycles. The first-order valence-corrected chi connectivity index (χ1v) is 7.41. The molecule has 1 saturated carbocycles. The summed E-state index contributed by atoms with van der Waals surface area (Å²) >= 11 is 0. The molecule has 3 heteroatoms. The van der Waals surface area contributed by atoms with Crippen molar-refractivity contribution in [3.05, 3.63) is 0 Å². The highest BCUT2D eigenvalue weighted by Gasteiger charge is 2.55. The number of esters is 1. The molecule has 0 aromatic rings. The number of ether oxygens (including phenoxy) is 2. The van der Waals surface area contributed by atoms with Gasteiger partial charge in [0.1, 0.15) is 11.7 Å². The standard InChI is InChI=1S/C16H28O3/c1-14(2,3)10-13(17)18-12-9-11-7-8-16(12,6)19-15(11,4)5/h11-12H,7-10H2,1-6H3. The van der Waals surface area contributed by atoms with Crippen molar-refractivity contribution in [1.82, 2.24) is 0 Å². The molecule has 0 amide bonds. The summed E-state index contributed by atoms with van der Waals surface area (Å²) < 4.78 is 12.0. The molecule has 3 nitrogen and oxygen atoms in total.